The van der Waals surface area contributed by atoms with Crippen molar-refractivity contribution in [2.24, 2.45) is 0 Å². The summed E-state index contributed by atoms with van der Waals surface area (Å²) >= 11 is 0. The number of aromatic nitrogens is 2. The number of anilines is 1. The average Bonchev–Trinajstić information content (AvgIpc) is 2.74. The number of nitrogen functional groups attached to an aromatic ring is 1. The number of hydrogen-bond donors (Lipinski definition) is 3. The van der Waals surface area contributed by atoms with Crippen molar-refractivity contribution in [3.05, 3.63) is 29.5 Å². The van der Waals surface area contributed by atoms with E-state index in [0.29, 0.717) is 11.6 Å². The van der Waals surface area contributed by atoms with Crippen LogP contribution in [0.5, 0.6) is 5.75 Å². The van der Waals surface area contributed by atoms with Crippen molar-refractivity contribution in [1.82, 2.24) is 10.2 Å². The number of nitrogens with one attached hydrogen (secondary N) is 1. The number of aromatic hydroxyl groups is 1. The van der Waals surface area contributed by atoms with Gasteiger partial charge in [0.1, 0.15) is 11.6 Å². The lowest BCUT2D eigenvalue weighted by atomic mass is 9.89. The molecule has 0 spiro atoms. The second-order valence-electron chi connectivity index (χ2n) is 4.54. The number of nitrogens with zero attached hydrogens (tertiary/aromatic N) is 1. The van der Waals surface area contributed by atoms with E-state index in [1.165, 1.54) is 24.0 Å². The van der Waals surface area contributed by atoms with Gasteiger partial charge in [0.15, 0.2) is 0 Å². The molecule has 1 aromatic carbocycles. The lowest BCUT2D eigenvalue weighted by Crippen LogP contribution is -2.02. The number of phenolic OH excluding ortho intramolecular Hbond substituents is 1. The van der Waals surface area contributed by atoms with Crippen molar-refractivity contribution in [1.29, 1.82) is 0 Å². The van der Waals surface area contributed by atoms with Crippen molar-refractivity contribution in [3.8, 4) is 16.9 Å². The summed E-state index contributed by atoms with van der Waals surface area (Å²) in [4.78, 5) is 0. The predicted octanol–water partition coefficient (Wildman–Crippen LogP) is 2.24. The molecule has 1 aliphatic rings. The molecule has 88 valence electrons. The maximum Gasteiger partial charge on any atom is 0.126 e. The fourth-order valence-corrected chi connectivity index (χ4v) is 2.50. The number of H-pyrrole nitrogens is 1. The minimum absolute atomic E-state index is 0.291. The van der Waals surface area contributed by atoms with Crippen LogP contribution < -0.4 is 5.73 Å². The molecule has 0 atom stereocenters. The maximum absolute atomic E-state index is 10.1. The number of benzene rings is 1. The van der Waals surface area contributed by atoms with E-state index in [1.54, 1.807) is 6.20 Å². The molecule has 0 amide bonds. The van der Waals surface area contributed by atoms with Gasteiger partial charge in [-0.3, -0.25) is 5.10 Å². The first kappa shape index (κ1) is 10.2. The van der Waals surface area contributed by atoms with E-state index < -0.39 is 0 Å². The summed E-state index contributed by atoms with van der Waals surface area (Å²) in [6.45, 7) is 0. The largest absolute Gasteiger partial charge is 0.507 e. The van der Waals surface area contributed by atoms with Gasteiger partial charge in [0.2, 0.25) is 0 Å². The van der Waals surface area contributed by atoms with Gasteiger partial charge in [-0.1, -0.05) is 0 Å². The van der Waals surface area contributed by atoms with Crippen LogP contribution in [0.3, 0.4) is 0 Å². The third-order valence-corrected chi connectivity index (χ3v) is 3.42. The van der Waals surface area contributed by atoms with Crippen LogP contribution in [0.2, 0.25) is 0 Å². The summed E-state index contributed by atoms with van der Waals surface area (Å²) in [5.74, 6) is 0.787. The first-order chi connectivity index (χ1) is 8.25. The molecule has 3 rings (SSSR count). The minimum atomic E-state index is 0.291. The van der Waals surface area contributed by atoms with Crippen molar-refractivity contribution in [3.63, 3.8) is 0 Å². The molecule has 2 aromatic rings. The summed E-state index contributed by atoms with van der Waals surface area (Å²) in [7, 11) is 0. The molecule has 1 aromatic heterocycles. The molecule has 0 saturated heterocycles. The van der Waals surface area contributed by atoms with Crippen molar-refractivity contribution < 1.29 is 5.11 Å². The van der Waals surface area contributed by atoms with Crippen LogP contribution >= 0.6 is 0 Å². The van der Waals surface area contributed by atoms with Gasteiger partial charge in [-0.25, -0.2) is 0 Å². The molecule has 0 bridgehead atoms. The van der Waals surface area contributed by atoms with Crippen LogP contribution in [0.25, 0.3) is 11.1 Å². The highest BCUT2D eigenvalue weighted by Crippen LogP contribution is 2.36. The molecule has 17 heavy (non-hydrogen) atoms. The summed E-state index contributed by atoms with van der Waals surface area (Å²) in [5, 5.41) is 16.6. The Hall–Kier alpha value is -1.97. The highest BCUT2D eigenvalue weighted by atomic mass is 16.3. The Bertz CT molecular complexity index is 560. The number of hydrogen-bond acceptors (Lipinski definition) is 3. The SMILES string of the molecule is Nc1[nH]ncc1-c1cc2c(cc1O)CCCC2. The Morgan fingerprint density at radius 3 is 2.47 bits per heavy atom. The quantitative estimate of drug-likeness (QED) is 0.702. The molecule has 0 fully saturated rings. The zero-order valence-corrected chi connectivity index (χ0v) is 9.53. The van der Waals surface area contributed by atoms with E-state index >= 15 is 0 Å². The average molecular weight is 229 g/mol. The normalized spacial score (nSPS) is 14.6. The molecule has 0 saturated carbocycles. The maximum atomic E-state index is 10.1. The molecule has 4 nitrogen and oxygen atoms in total. The molecule has 1 aliphatic carbocycles. The highest BCUT2D eigenvalue weighted by molar-refractivity contribution is 5.78. The number of aryl methyl sites for hydroxylation is 2. The summed E-state index contributed by atoms with van der Waals surface area (Å²) in [6.07, 6.45) is 6.22. The van der Waals surface area contributed by atoms with Gasteiger partial charge in [-0.2, -0.15) is 5.10 Å². The number of rotatable bonds is 1. The van der Waals surface area contributed by atoms with E-state index in [2.05, 4.69) is 10.2 Å². The van der Waals surface area contributed by atoms with Crippen molar-refractivity contribution in [2.45, 2.75) is 25.7 Å². The second kappa shape index (κ2) is 3.80. The number of fused-ring (bicyclic) bond motifs is 1. The third-order valence-electron chi connectivity index (χ3n) is 3.42. The molecular formula is C13H15N3O. The van der Waals surface area contributed by atoms with E-state index in [4.69, 9.17) is 5.73 Å². The Morgan fingerprint density at radius 2 is 1.82 bits per heavy atom. The van der Waals surface area contributed by atoms with Crippen LogP contribution in [0.1, 0.15) is 24.0 Å². The molecule has 4 N–H and O–H groups in total. The predicted molar refractivity (Wildman–Crippen MR) is 66.7 cm³/mol. The molecule has 0 aliphatic heterocycles. The Kier molecular flexibility index (Phi) is 2.28. The van der Waals surface area contributed by atoms with Crippen LogP contribution in [0.15, 0.2) is 18.3 Å². The summed E-state index contributed by atoms with van der Waals surface area (Å²) in [6, 6.07) is 3.92. The summed E-state index contributed by atoms with van der Waals surface area (Å²) in [5.41, 5.74) is 9.92. The zero-order chi connectivity index (χ0) is 11.8. The van der Waals surface area contributed by atoms with Crippen LogP contribution in [0, 0.1) is 0 Å². The fourth-order valence-electron chi connectivity index (χ4n) is 2.50. The lowest BCUT2D eigenvalue weighted by Gasteiger charge is -2.17. The monoisotopic (exact) mass is 229 g/mol. The number of nitrogens with two attached hydrogens (primary N) is 1. The first-order valence-corrected chi connectivity index (χ1v) is 5.89. The van der Waals surface area contributed by atoms with Gasteiger partial charge >= 0.3 is 0 Å². The lowest BCUT2D eigenvalue weighted by molar-refractivity contribution is 0.475. The van der Waals surface area contributed by atoms with E-state index in [9.17, 15) is 5.11 Å². The van der Waals surface area contributed by atoms with Gasteiger partial charge in [0.05, 0.1) is 6.20 Å². The van der Waals surface area contributed by atoms with Crippen molar-refractivity contribution in [2.75, 3.05) is 5.73 Å². The standard InChI is InChI=1S/C13H15N3O/c14-13-11(7-15-16-13)10-5-8-3-1-2-4-9(8)6-12(10)17/h5-7,17H,1-4H2,(H3,14,15,16). The Balaban J connectivity index is 2.15. The van der Waals surface area contributed by atoms with E-state index in [1.807, 2.05) is 12.1 Å². The van der Waals surface area contributed by atoms with Crippen LogP contribution in [-0.2, 0) is 12.8 Å². The molecule has 0 radical (unpaired) electrons. The Labute approximate surface area is 99.5 Å². The van der Waals surface area contributed by atoms with Crippen LogP contribution in [-0.4, -0.2) is 15.3 Å². The van der Waals surface area contributed by atoms with Gasteiger partial charge in [-0.05, 0) is 48.9 Å². The smallest absolute Gasteiger partial charge is 0.126 e. The zero-order valence-electron chi connectivity index (χ0n) is 9.53. The van der Waals surface area contributed by atoms with Crippen LogP contribution in [0.4, 0.5) is 5.82 Å². The fraction of sp³-hybridized carbons (Fsp3) is 0.308. The van der Waals surface area contributed by atoms with Gasteiger partial charge < -0.3 is 10.8 Å². The van der Waals surface area contributed by atoms with Gasteiger partial charge in [-0.15, -0.1) is 0 Å². The highest BCUT2D eigenvalue weighted by Gasteiger charge is 2.16. The molecule has 4 heteroatoms. The van der Waals surface area contributed by atoms with E-state index in [-0.39, 0.29) is 0 Å². The minimum Gasteiger partial charge on any atom is -0.507 e. The molecular weight excluding hydrogens is 214 g/mol. The van der Waals surface area contributed by atoms with E-state index in [0.717, 1.165) is 24.0 Å². The third kappa shape index (κ3) is 1.65. The topological polar surface area (TPSA) is 74.9 Å². The van der Waals surface area contributed by atoms with Crippen molar-refractivity contribution >= 4 is 5.82 Å². The van der Waals surface area contributed by atoms with Gasteiger partial charge in [0.25, 0.3) is 0 Å². The number of aromatic amines is 1. The molecule has 1 heterocycles. The summed E-state index contributed by atoms with van der Waals surface area (Å²) < 4.78 is 0. The molecule has 0 unspecified atom stereocenters. The second-order valence-corrected chi connectivity index (χ2v) is 4.54. The first-order valence-electron chi connectivity index (χ1n) is 5.89. The number of phenols is 1. The Morgan fingerprint density at radius 1 is 1.12 bits per heavy atom. The van der Waals surface area contributed by atoms with Gasteiger partial charge in [0, 0.05) is 11.1 Å².